The van der Waals surface area contributed by atoms with Gasteiger partial charge in [0, 0.05) is 6.54 Å². The van der Waals surface area contributed by atoms with Crippen molar-refractivity contribution in [3.63, 3.8) is 0 Å². The number of rotatable bonds is 3. The van der Waals surface area contributed by atoms with E-state index in [-0.39, 0.29) is 12.0 Å². The number of hydrazine groups is 1. The van der Waals surface area contributed by atoms with E-state index in [4.69, 9.17) is 10.6 Å². The number of aromatic nitrogens is 6. The van der Waals surface area contributed by atoms with Crippen LogP contribution >= 0.6 is 0 Å². The maximum atomic E-state index is 5.41. The number of hydrogen-bond donors (Lipinski definition) is 2. The Morgan fingerprint density at radius 1 is 1.35 bits per heavy atom. The molecule has 1 unspecified atom stereocenters. The summed E-state index contributed by atoms with van der Waals surface area (Å²) in [5.74, 6) is 6.59. The summed E-state index contributed by atoms with van der Waals surface area (Å²) in [6.45, 7) is 4.04. The van der Waals surface area contributed by atoms with E-state index in [1.807, 2.05) is 11.8 Å². The normalized spacial score (nSPS) is 19.1. The van der Waals surface area contributed by atoms with E-state index < -0.39 is 0 Å². The Hall–Kier alpha value is -2.33. The van der Waals surface area contributed by atoms with E-state index in [0.29, 0.717) is 31.7 Å². The third kappa shape index (κ3) is 2.38. The summed E-state index contributed by atoms with van der Waals surface area (Å²) in [4.78, 5) is 18.8. The van der Waals surface area contributed by atoms with Crippen LogP contribution in [0.15, 0.2) is 12.7 Å². The largest absolute Gasteiger partial charge is 0.377 e. The van der Waals surface area contributed by atoms with Crippen LogP contribution in [0.4, 0.5) is 11.9 Å². The van der Waals surface area contributed by atoms with E-state index in [1.165, 1.54) is 17.3 Å². The van der Waals surface area contributed by atoms with Crippen LogP contribution in [-0.4, -0.2) is 55.5 Å². The molecule has 0 aromatic carbocycles. The highest BCUT2D eigenvalue weighted by Gasteiger charge is 2.23. The summed E-state index contributed by atoms with van der Waals surface area (Å²) in [5.41, 5.74) is 2.44. The van der Waals surface area contributed by atoms with Gasteiger partial charge in [0.15, 0.2) is 0 Å². The number of hydrogen-bond acceptors (Lipinski definition) is 9. The first-order chi connectivity index (χ1) is 9.78. The second-order valence-electron chi connectivity index (χ2n) is 4.36. The van der Waals surface area contributed by atoms with Crippen LogP contribution < -0.4 is 16.2 Å². The minimum atomic E-state index is 0.181. The molecule has 106 valence electrons. The van der Waals surface area contributed by atoms with Crippen molar-refractivity contribution in [1.82, 2.24) is 29.7 Å². The molecule has 0 aliphatic carbocycles. The van der Waals surface area contributed by atoms with Crippen molar-refractivity contribution in [3.8, 4) is 5.95 Å². The maximum Gasteiger partial charge on any atom is 0.258 e. The molecule has 1 atom stereocenters. The van der Waals surface area contributed by atoms with Gasteiger partial charge in [-0.25, -0.2) is 10.8 Å². The second kappa shape index (κ2) is 5.35. The number of nitrogens with one attached hydrogen (secondary N) is 1. The molecule has 3 rings (SSSR count). The van der Waals surface area contributed by atoms with Gasteiger partial charge < -0.3 is 9.64 Å². The highest BCUT2D eigenvalue weighted by atomic mass is 16.5. The summed E-state index contributed by atoms with van der Waals surface area (Å²) in [5, 5.41) is 4.01. The fourth-order valence-corrected chi connectivity index (χ4v) is 1.99. The Morgan fingerprint density at radius 2 is 2.20 bits per heavy atom. The van der Waals surface area contributed by atoms with Crippen molar-refractivity contribution in [3.05, 3.63) is 12.7 Å². The van der Waals surface area contributed by atoms with Gasteiger partial charge in [-0.15, -0.1) is 0 Å². The van der Waals surface area contributed by atoms with Crippen molar-refractivity contribution in [2.24, 2.45) is 5.84 Å². The molecule has 3 heterocycles. The zero-order chi connectivity index (χ0) is 13.9. The highest BCUT2D eigenvalue weighted by Crippen LogP contribution is 2.17. The lowest BCUT2D eigenvalue weighted by Gasteiger charge is -2.33. The molecule has 0 radical (unpaired) electrons. The van der Waals surface area contributed by atoms with Gasteiger partial charge in [-0.05, 0) is 6.92 Å². The van der Waals surface area contributed by atoms with E-state index in [2.05, 4.69) is 30.5 Å². The number of nitrogen functional groups attached to an aromatic ring is 1. The van der Waals surface area contributed by atoms with Gasteiger partial charge in [0.1, 0.15) is 12.7 Å². The van der Waals surface area contributed by atoms with Crippen LogP contribution in [0.5, 0.6) is 0 Å². The molecule has 0 amide bonds. The zero-order valence-corrected chi connectivity index (χ0v) is 11.0. The predicted molar refractivity (Wildman–Crippen MR) is 70.2 cm³/mol. The molecule has 2 aromatic heterocycles. The van der Waals surface area contributed by atoms with Crippen LogP contribution in [0.1, 0.15) is 6.92 Å². The van der Waals surface area contributed by atoms with E-state index >= 15 is 0 Å². The first kappa shape index (κ1) is 12.7. The summed E-state index contributed by atoms with van der Waals surface area (Å²) in [7, 11) is 0. The Bertz CT molecular complexity index is 572. The second-order valence-corrected chi connectivity index (χ2v) is 4.36. The van der Waals surface area contributed by atoms with Crippen LogP contribution in [0.2, 0.25) is 0 Å². The van der Waals surface area contributed by atoms with Crippen molar-refractivity contribution in [1.29, 1.82) is 0 Å². The lowest BCUT2D eigenvalue weighted by molar-refractivity contribution is 0.0980. The van der Waals surface area contributed by atoms with Gasteiger partial charge in [-0.1, -0.05) is 0 Å². The number of ether oxygens (including phenoxy) is 1. The molecule has 1 fully saturated rings. The molecular formula is C10H15N9O. The van der Waals surface area contributed by atoms with Crippen LogP contribution in [0, 0.1) is 0 Å². The van der Waals surface area contributed by atoms with Crippen molar-refractivity contribution in [2.75, 3.05) is 30.1 Å². The average molecular weight is 277 g/mol. The Balaban J connectivity index is 1.99. The summed E-state index contributed by atoms with van der Waals surface area (Å²) in [6.07, 6.45) is 2.93. The Morgan fingerprint density at radius 3 is 2.90 bits per heavy atom. The molecule has 0 bridgehead atoms. The first-order valence-corrected chi connectivity index (χ1v) is 6.20. The number of anilines is 2. The molecule has 1 saturated heterocycles. The zero-order valence-electron chi connectivity index (χ0n) is 11.0. The van der Waals surface area contributed by atoms with Gasteiger partial charge >= 0.3 is 0 Å². The standard InChI is InChI=1S/C10H15N9O/c1-7-4-20-3-2-18(7)9-14-8(17-11)15-10(16-9)19-6-12-5-13-19/h5-7H,2-4,11H2,1H3,(H,14,15,16,17). The Kier molecular flexibility index (Phi) is 3.39. The lowest BCUT2D eigenvalue weighted by atomic mass is 10.3. The van der Waals surface area contributed by atoms with Gasteiger partial charge in [0.2, 0.25) is 11.9 Å². The lowest BCUT2D eigenvalue weighted by Crippen LogP contribution is -2.44. The summed E-state index contributed by atoms with van der Waals surface area (Å²) >= 11 is 0. The fraction of sp³-hybridized carbons (Fsp3) is 0.500. The third-order valence-corrected chi connectivity index (χ3v) is 2.99. The molecular weight excluding hydrogens is 262 g/mol. The van der Waals surface area contributed by atoms with Crippen molar-refractivity contribution >= 4 is 11.9 Å². The summed E-state index contributed by atoms with van der Waals surface area (Å²) < 4.78 is 6.87. The SMILES string of the molecule is CC1COCCN1c1nc(NN)nc(-n2cncn2)n1. The quantitative estimate of drug-likeness (QED) is 0.535. The van der Waals surface area contributed by atoms with Crippen LogP contribution in [0.25, 0.3) is 5.95 Å². The molecule has 10 heteroatoms. The third-order valence-electron chi connectivity index (χ3n) is 2.99. The van der Waals surface area contributed by atoms with Crippen LogP contribution in [-0.2, 0) is 4.74 Å². The predicted octanol–water partition coefficient (Wildman–Crippen LogP) is -1.04. The highest BCUT2D eigenvalue weighted by molar-refractivity contribution is 5.40. The van der Waals surface area contributed by atoms with E-state index in [9.17, 15) is 0 Å². The minimum absolute atomic E-state index is 0.181. The Labute approximate surface area is 115 Å². The topological polar surface area (TPSA) is 120 Å². The number of nitrogens with two attached hydrogens (primary N) is 1. The van der Waals surface area contributed by atoms with Crippen LogP contribution in [0.3, 0.4) is 0 Å². The monoisotopic (exact) mass is 277 g/mol. The molecule has 10 nitrogen and oxygen atoms in total. The molecule has 20 heavy (non-hydrogen) atoms. The number of nitrogens with zero attached hydrogens (tertiary/aromatic N) is 7. The van der Waals surface area contributed by atoms with Gasteiger partial charge in [-0.2, -0.15) is 24.7 Å². The smallest absolute Gasteiger partial charge is 0.258 e. The van der Waals surface area contributed by atoms with Gasteiger partial charge in [0.25, 0.3) is 5.95 Å². The molecule has 3 N–H and O–H groups in total. The molecule has 2 aromatic rings. The molecule has 1 aliphatic heterocycles. The molecule has 0 spiro atoms. The molecule has 0 saturated carbocycles. The van der Waals surface area contributed by atoms with E-state index in [1.54, 1.807) is 0 Å². The van der Waals surface area contributed by atoms with Crippen molar-refractivity contribution < 1.29 is 4.74 Å². The first-order valence-electron chi connectivity index (χ1n) is 6.20. The fourth-order valence-electron chi connectivity index (χ4n) is 1.99. The average Bonchev–Trinajstić information content (AvgIpc) is 3.01. The van der Waals surface area contributed by atoms with Gasteiger partial charge in [0.05, 0.1) is 19.3 Å². The van der Waals surface area contributed by atoms with Crippen molar-refractivity contribution in [2.45, 2.75) is 13.0 Å². The summed E-state index contributed by atoms with van der Waals surface area (Å²) in [6, 6.07) is 0.181. The maximum absolute atomic E-state index is 5.41. The minimum Gasteiger partial charge on any atom is -0.377 e. The van der Waals surface area contributed by atoms with E-state index in [0.717, 1.165) is 0 Å². The molecule has 1 aliphatic rings. The number of morpholine rings is 1. The van der Waals surface area contributed by atoms with Gasteiger partial charge in [-0.3, -0.25) is 5.43 Å².